The van der Waals surface area contributed by atoms with Gasteiger partial charge in [0, 0.05) is 43.8 Å². The molecule has 2 aromatic heterocycles. The fourth-order valence-corrected chi connectivity index (χ4v) is 4.46. The lowest BCUT2D eigenvalue weighted by Gasteiger charge is -2.27. The molecule has 7 heteroatoms. The number of thiophene rings is 1. The second-order valence-corrected chi connectivity index (χ2v) is 8.21. The Hall–Kier alpha value is -2.12. The molecule has 0 aliphatic carbocycles. The Labute approximate surface area is 172 Å². The molecule has 1 fully saturated rings. The summed E-state index contributed by atoms with van der Waals surface area (Å²) in [4.78, 5) is 15.3. The van der Waals surface area contributed by atoms with Gasteiger partial charge in [0.05, 0.1) is 12.6 Å². The van der Waals surface area contributed by atoms with Crippen LogP contribution in [0.5, 0.6) is 0 Å². The molecule has 0 bridgehead atoms. The Morgan fingerprint density at radius 1 is 1.25 bits per heavy atom. The molecule has 28 heavy (non-hydrogen) atoms. The van der Waals surface area contributed by atoms with E-state index in [4.69, 9.17) is 4.99 Å². The maximum Gasteiger partial charge on any atom is 0.191 e. The highest BCUT2D eigenvalue weighted by Crippen LogP contribution is 2.27. The molecule has 3 heterocycles. The van der Waals surface area contributed by atoms with Crippen LogP contribution in [0.1, 0.15) is 36.2 Å². The molecule has 6 nitrogen and oxygen atoms in total. The minimum absolute atomic E-state index is 0.405. The van der Waals surface area contributed by atoms with E-state index in [1.807, 2.05) is 42.6 Å². The third-order valence-corrected chi connectivity index (χ3v) is 5.93. The average molecular weight is 401 g/mol. The monoisotopic (exact) mass is 400 g/mol. The van der Waals surface area contributed by atoms with Gasteiger partial charge in [-0.25, -0.2) is 9.98 Å². The van der Waals surface area contributed by atoms with Crippen molar-refractivity contribution in [2.75, 3.05) is 45.2 Å². The van der Waals surface area contributed by atoms with Crippen molar-refractivity contribution in [1.82, 2.24) is 20.5 Å². The zero-order valence-corrected chi connectivity index (χ0v) is 18.0. The van der Waals surface area contributed by atoms with Crippen LogP contribution < -0.4 is 15.5 Å². The minimum Gasteiger partial charge on any atom is -0.362 e. The Morgan fingerprint density at radius 2 is 2.07 bits per heavy atom. The summed E-state index contributed by atoms with van der Waals surface area (Å²) in [6.07, 6.45) is 4.42. The first-order chi connectivity index (χ1) is 13.7. The molecule has 0 spiro atoms. The summed E-state index contributed by atoms with van der Waals surface area (Å²) in [5, 5.41) is 9.13. The Morgan fingerprint density at radius 3 is 2.75 bits per heavy atom. The van der Waals surface area contributed by atoms with Gasteiger partial charge in [-0.3, -0.25) is 4.90 Å². The smallest absolute Gasteiger partial charge is 0.191 e. The van der Waals surface area contributed by atoms with Gasteiger partial charge in [0.15, 0.2) is 5.96 Å². The molecule has 1 unspecified atom stereocenters. The summed E-state index contributed by atoms with van der Waals surface area (Å²) in [7, 11) is 4.03. The van der Waals surface area contributed by atoms with E-state index in [1.54, 1.807) is 0 Å². The summed E-state index contributed by atoms with van der Waals surface area (Å²) in [5.74, 6) is 1.83. The number of nitrogens with zero attached hydrogens (tertiary/aromatic N) is 4. The fourth-order valence-electron chi connectivity index (χ4n) is 3.60. The molecule has 0 aromatic carbocycles. The molecule has 2 aromatic rings. The van der Waals surface area contributed by atoms with Crippen molar-refractivity contribution in [3.63, 3.8) is 0 Å². The quantitative estimate of drug-likeness (QED) is 0.527. The van der Waals surface area contributed by atoms with Crippen molar-refractivity contribution in [1.29, 1.82) is 0 Å². The van der Waals surface area contributed by atoms with Crippen LogP contribution in [0, 0.1) is 0 Å². The number of nitrogens with one attached hydrogen (secondary N) is 2. The lowest BCUT2D eigenvalue weighted by Crippen LogP contribution is -2.42. The van der Waals surface area contributed by atoms with Gasteiger partial charge in [-0.15, -0.1) is 11.3 Å². The summed E-state index contributed by atoms with van der Waals surface area (Å²) in [6, 6.07) is 8.86. The number of likely N-dealkylation sites (tertiary alicyclic amines) is 1. The van der Waals surface area contributed by atoms with Crippen LogP contribution in [-0.4, -0.2) is 56.1 Å². The van der Waals surface area contributed by atoms with Crippen LogP contribution >= 0.6 is 11.3 Å². The summed E-state index contributed by atoms with van der Waals surface area (Å²) < 4.78 is 0. The second-order valence-electron chi connectivity index (χ2n) is 7.23. The first-order valence-electron chi connectivity index (χ1n) is 10.1. The van der Waals surface area contributed by atoms with E-state index >= 15 is 0 Å². The van der Waals surface area contributed by atoms with Crippen LogP contribution in [0.25, 0.3) is 0 Å². The fraction of sp³-hybridized carbons (Fsp3) is 0.524. The topological polar surface area (TPSA) is 55.8 Å². The van der Waals surface area contributed by atoms with Gasteiger partial charge >= 0.3 is 0 Å². The minimum atomic E-state index is 0.405. The van der Waals surface area contributed by atoms with Gasteiger partial charge in [0.25, 0.3) is 0 Å². The first kappa shape index (κ1) is 20.6. The van der Waals surface area contributed by atoms with E-state index in [-0.39, 0.29) is 0 Å². The van der Waals surface area contributed by atoms with Gasteiger partial charge in [-0.1, -0.05) is 12.1 Å². The predicted molar refractivity (Wildman–Crippen MR) is 119 cm³/mol. The van der Waals surface area contributed by atoms with Gasteiger partial charge in [-0.05, 0) is 50.4 Å². The zero-order chi connectivity index (χ0) is 19.8. The van der Waals surface area contributed by atoms with Crippen LogP contribution in [0.2, 0.25) is 0 Å². The highest BCUT2D eigenvalue weighted by molar-refractivity contribution is 7.10. The van der Waals surface area contributed by atoms with Gasteiger partial charge in [0.1, 0.15) is 5.82 Å². The number of pyridine rings is 1. The maximum absolute atomic E-state index is 4.82. The normalized spacial score (nSPS) is 16.2. The number of hydrogen-bond donors (Lipinski definition) is 2. The van der Waals surface area contributed by atoms with Gasteiger partial charge < -0.3 is 15.5 Å². The molecule has 2 N–H and O–H groups in total. The van der Waals surface area contributed by atoms with E-state index in [1.165, 1.54) is 30.8 Å². The number of rotatable bonds is 8. The third kappa shape index (κ3) is 5.45. The largest absolute Gasteiger partial charge is 0.362 e. The number of anilines is 1. The van der Waals surface area contributed by atoms with Crippen LogP contribution in [0.15, 0.2) is 40.8 Å². The maximum atomic E-state index is 4.82. The number of hydrogen-bond acceptors (Lipinski definition) is 5. The predicted octanol–water partition coefficient (Wildman–Crippen LogP) is 3.10. The number of guanidine groups is 1. The van der Waals surface area contributed by atoms with Crippen LogP contribution in [-0.2, 0) is 6.54 Å². The first-order valence-corrected chi connectivity index (χ1v) is 11.0. The molecule has 1 atom stereocenters. The molecular formula is C21H32N6S. The second kappa shape index (κ2) is 10.4. The van der Waals surface area contributed by atoms with Crippen molar-refractivity contribution in [3.8, 4) is 0 Å². The van der Waals surface area contributed by atoms with E-state index in [0.29, 0.717) is 12.6 Å². The average Bonchev–Trinajstić information content (AvgIpc) is 3.41. The third-order valence-electron chi connectivity index (χ3n) is 4.96. The van der Waals surface area contributed by atoms with E-state index in [9.17, 15) is 0 Å². The molecule has 0 amide bonds. The Kier molecular flexibility index (Phi) is 7.68. The molecule has 1 aliphatic heterocycles. The van der Waals surface area contributed by atoms with Crippen molar-refractivity contribution in [2.24, 2.45) is 4.99 Å². The summed E-state index contributed by atoms with van der Waals surface area (Å²) >= 11 is 1.84. The highest BCUT2D eigenvalue weighted by atomic mass is 32.1. The van der Waals surface area contributed by atoms with Gasteiger partial charge in [0.2, 0.25) is 0 Å². The molecule has 0 radical (unpaired) electrons. The summed E-state index contributed by atoms with van der Waals surface area (Å²) in [6.45, 7) is 6.76. The number of aromatic nitrogens is 1. The van der Waals surface area contributed by atoms with Crippen molar-refractivity contribution < 1.29 is 0 Å². The highest BCUT2D eigenvalue weighted by Gasteiger charge is 2.24. The Bertz CT molecular complexity index is 737. The van der Waals surface area contributed by atoms with Crippen molar-refractivity contribution in [3.05, 3.63) is 46.3 Å². The molecule has 152 valence electrons. The van der Waals surface area contributed by atoms with Gasteiger partial charge in [-0.2, -0.15) is 0 Å². The number of aliphatic imine (C=N–C) groups is 1. The lowest BCUT2D eigenvalue weighted by atomic mass is 10.2. The standard InChI is InChI=1S/C21H32N6S/c1-4-22-21(24-15-17-9-7-11-23-20(17)26(2)3)25-16-18(19-10-8-14-28-19)27-12-5-6-13-27/h7-11,14,18H,4-6,12-13,15-16H2,1-3H3,(H2,22,24,25). The van der Waals surface area contributed by atoms with E-state index < -0.39 is 0 Å². The van der Waals surface area contributed by atoms with E-state index in [2.05, 4.69) is 51.0 Å². The van der Waals surface area contributed by atoms with Crippen molar-refractivity contribution in [2.45, 2.75) is 32.4 Å². The molecule has 0 saturated carbocycles. The van der Waals surface area contributed by atoms with Crippen LogP contribution in [0.4, 0.5) is 5.82 Å². The lowest BCUT2D eigenvalue weighted by molar-refractivity contribution is 0.249. The van der Waals surface area contributed by atoms with E-state index in [0.717, 1.165) is 30.4 Å². The zero-order valence-electron chi connectivity index (χ0n) is 17.2. The molecule has 1 aliphatic rings. The molecule has 1 saturated heterocycles. The van der Waals surface area contributed by atoms with Crippen LogP contribution in [0.3, 0.4) is 0 Å². The summed E-state index contributed by atoms with van der Waals surface area (Å²) in [5.41, 5.74) is 1.12. The molecule has 3 rings (SSSR count). The Balaban J connectivity index is 1.69. The SMILES string of the molecule is CCNC(=NCc1cccnc1N(C)C)NCC(c1cccs1)N1CCCC1. The van der Waals surface area contributed by atoms with Crippen molar-refractivity contribution >= 4 is 23.1 Å². The molecular weight excluding hydrogens is 368 g/mol.